The standard InChI is InChI=1S/C27H23FN4O/c1-16-6-5-7-17(2)25(16)32-27(33)23-14-21-20-8-3-4-9-22(20)31-26(21)24(30-23)15-29-19-12-10-18(28)11-13-19/h3-14,29,31H,15H2,1-2H3,(H,32,33). The summed E-state index contributed by atoms with van der Waals surface area (Å²) in [5.41, 5.74) is 6.45. The van der Waals surface area contributed by atoms with Crippen molar-refractivity contribution in [1.29, 1.82) is 0 Å². The van der Waals surface area contributed by atoms with Crippen molar-refractivity contribution in [3.05, 3.63) is 101 Å². The number of rotatable bonds is 5. The van der Waals surface area contributed by atoms with E-state index in [9.17, 15) is 9.18 Å². The van der Waals surface area contributed by atoms with Crippen molar-refractivity contribution in [1.82, 2.24) is 9.97 Å². The van der Waals surface area contributed by atoms with E-state index >= 15 is 0 Å². The number of benzene rings is 3. The number of aromatic nitrogens is 2. The van der Waals surface area contributed by atoms with E-state index in [1.807, 2.05) is 62.4 Å². The number of nitrogens with one attached hydrogen (secondary N) is 3. The van der Waals surface area contributed by atoms with E-state index in [0.29, 0.717) is 17.9 Å². The van der Waals surface area contributed by atoms with Crippen LogP contribution in [0.2, 0.25) is 0 Å². The molecule has 6 heteroatoms. The molecule has 0 fully saturated rings. The average molecular weight is 439 g/mol. The Morgan fingerprint density at radius 1 is 0.939 bits per heavy atom. The van der Waals surface area contributed by atoms with Gasteiger partial charge in [-0.05, 0) is 61.4 Å². The second-order valence-electron chi connectivity index (χ2n) is 8.13. The van der Waals surface area contributed by atoms with Crippen molar-refractivity contribution >= 4 is 39.1 Å². The topological polar surface area (TPSA) is 69.8 Å². The van der Waals surface area contributed by atoms with E-state index in [1.165, 1.54) is 12.1 Å². The van der Waals surface area contributed by atoms with Crippen LogP contribution in [0, 0.1) is 19.7 Å². The van der Waals surface area contributed by atoms with Crippen LogP contribution < -0.4 is 10.6 Å². The molecule has 0 saturated heterocycles. The molecule has 1 amide bonds. The Labute approximate surface area is 190 Å². The van der Waals surface area contributed by atoms with Crippen LogP contribution in [-0.4, -0.2) is 15.9 Å². The van der Waals surface area contributed by atoms with Crippen LogP contribution in [0.5, 0.6) is 0 Å². The highest BCUT2D eigenvalue weighted by Gasteiger charge is 2.17. The molecule has 0 bridgehead atoms. The lowest BCUT2D eigenvalue weighted by molar-refractivity contribution is 0.102. The number of anilines is 2. The zero-order chi connectivity index (χ0) is 22.9. The summed E-state index contributed by atoms with van der Waals surface area (Å²) in [5, 5.41) is 8.27. The summed E-state index contributed by atoms with van der Waals surface area (Å²) in [4.78, 5) is 21.4. The van der Waals surface area contributed by atoms with E-state index in [4.69, 9.17) is 4.98 Å². The number of amides is 1. The van der Waals surface area contributed by atoms with Crippen LogP contribution >= 0.6 is 0 Å². The minimum Gasteiger partial charge on any atom is -0.379 e. The molecule has 2 heterocycles. The summed E-state index contributed by atoms with van der Waals surface area (Å²) in [6, 6.07) is 21.9. The lowest BCUT2D eigenvalue weighted by Gasteiger charge is -2.13. The number of fused-ring (bicyclic) bond motifs is 3. The highest BCUT2D eigenvalue weighted by atomic mass is 19.1. The molecule has 0 spiro atoms. The number of nitrogens with zero attached hydrogens (tertiary/aromatic N) is 1. The van der Waals surface area contributed by atoms with Gasteiger partial charge in [0.15, 0.2) is 0 Å². The van der Waals surface area contributed by atoms with Gasteiger partial charge >= 0.3 is 0 Å². The quantitative estimate of drug-likeness (QED) is 0.300. The van der Waals surface area contributed by atoms with Crippen LogP contribution in [-0.2, 0) is 6.54 Å². The number of H-pyrrole nitrogens is 1. The fourth-order valence-electron chi connectivity index (χ4n) is 4.10. The van der Waals surface area contributed by atoms with E-state index in [-0.39, 0.29) is 11.7 Å². The molecule has 0 aliphatic rings. The van der Waals surface area contributed by atoms with Crippen LogP contribution in [0.15, 0.2) is 72.8 Å². The third-order valence-electron chi connectivity index (χ3n) is 5.83. The molecule has 0 atom stereocenters. The zero-order valence-electron chi connectivity index (χ0n) is 18.4. The van der Waals surface area contributed by atoms with E-state index in [2.05, 4.69) is 15.6 Å². The highest BCUT2D eigenvalue weighted by molar-refractivity contribution is 6.12. The van der Waals surface area contributed by atoms with Crippen LogP contribution in [0.25, 0.3) is 21.8 Å². The fraction of sp³-hybridized carbons (Fsp3) is 0.111. The molecule has 5 nitrogen and oxygen atoms in total. The molecule has 2 aromatic heterocycles. The Kier molecular flexibility index (Phi) is 5.26. The van der Waals surface area contributed by atoms with Gasteiger partial charge in [0.05, 0.1) is 17.8 Å². The third-order valence-corrected chi connectivity index (χ3v) is 5.83. The van der Waals surface area contributed by atoms with Crippen LogP contribution in [0.4, 0.5) is 15.8 Å². The summed E-state index contributed by atoms with van der Waals surface area (Å²) < 4.78 is 13.3. The SMILES string of the molecule is Cc1cccc(C)c1NC(=O)c1cc2c([nH]c3ccccc32)c(CNc2ccc(F)cc2)n1. The second kappa shape index (κ2) is 8.39. The van der Waals surface area contributed by atoms with E-state index < -0.39 is 0 Å². The Morgan fingerprint density at radius 3 is 2.42 bits per heavy atom. The lowest BCUT2D eigenvalue weighted by Crippen LogP contribution is -2.17. The van der Waals surface area contributed by atoms with Gasteiger partial charge in [0.25, 0.3) is 5.91 Å². The molecule has 0 radical (unpaired) electrons. The number of carbonyl (C=O) groups is 1. The predicted molar refractivity (Wildman–Crippen MR) is 131 cm³/mol. The Hall–Kier alpha value is -4.19. The molecule has 0 aliphatic heterocycles. The molecule has 0 unspecified atom stereocenters. The summed E-state index contributed by atoms with van der Waals surface area (Å²) in [6.07, 6.45) is 0. The number of aryl methyl sites for hydroxylation is 2. The predicted octanol–water partition coefficient (Wildman–Crippen LogP) is 6.34. The maximum Gasteiger partial charge on any atom is 0.274 e. The summed E-state index contributed by atoms with van der Waals surface area (Å²) in [5.74, 6) is -0.551. The molecule has 5 aromatic rings. The van der Waals surface area contributed by atoms with Gasteiger partial charge in [-0.15, -0.1) is 0 Å². The minimum atomic E-state index is -0.290. The van der Waals surface area contributed by atoms with Crippen molar-refractivity contribution in [2.24, 2.45) is 0 Å². The van der Waals surface area contributed by atoms with Crippen molar-refractivity contribution < 1.29 is 9.18 Å². The van der Waals surface area contributed by atoms with Crippen molar-refractivity contribution in [3.63, 3.8) is 0 Å². The van der Waals surface area contributed by atoms with Gasteiger partial charge in [0, 0.05) is 27.7 Å². The van der Waals surface area contributed by atoms with Gasteiger partial charge in [-0.2, -0.15) is 0 Å². The first-order valence-corrected chi connectivity index (χ1v) is 10.8. The lowest BCUT2D eigenvalue weighted by atomic mass is 10.1. The number of pyridine rings is 1. The van der Waals surface area contributed by atoms with E-state index in [1.54, 1.807) is 12.1 Å². The van der Waals surface area contributed by atoms with Gasteiger partial charge < -0.3 is 15.6 Å². The normalized spacial score (nSPS) is 11.1. The molecular formula is C27H23FN4O. The van der Waals surface area contributed by atoms with Gasteiger partial charge in [0.1, 0.15) is 11.5 Å². The van der Waals surface area contributed by atoms with Crippen LogP contribution in [0.3, 0.4) is 0 Å². The number of carbonyl (C=O) groups excluding carboxylic acids is 1. The van der Waals surface area contributed by atoms with Crippen LogP contribution in [0.1, 0.15) is 27.3 Å². The zero-order valence-corrected chi connectivity index (χ0v) is 18.4. The number of aromatic amines is 1. The molecule has 0 saturated carbocycles. The van der Waals surface area contributed by atoms with Gasteiger partial charge in [-0.25, -0.2) is 9.37 Å². The third kappa shape index (κ3) is 4.03. The smallest absolute Gasteiger partial charge is 0.274 e. The van der Waals surface area contributed by atoms with Crippen molar-refractivity contribution in [2.45, 2.75) is 20.4 Å². The molecule has 164 valence electrons. The highest BCUT2D eigenvalue weighted by Crippen LogP contribution is 2.29. The maximum atomic E-state index is 13.3. The maximum absolute atomic E-state index is 13.3. The first kappa shape index (κ1) is 20.7. The first-order valence-electron chi connectivity index (χ1n) is 10.8. The van der Waals surface area contributed by atoms with E-state index in [0.717, 1.165) is 44.3 Å². The first-order chi connectivity index (χ1) is 16.0. The number of hydrogen-bond acceptors (Lipinski definition) is 3. The van der Waals surface area contributed by atoms with Gasteiger partial charge in [0.2, 0.25) is 0 Å². The monoisotopic (exact) mass is 438 g/mol. The summed E-state index contributed by atoms with van der Waals surface area (Å²) >= 11 is 0. The van der Waals surface area contributed by atoms with Crippen molar-refractivity contribution in [2.75, 3.05) is 10.6 Å². The van der Waals surface area contributed by atoms with Crippen molar-refractivity contribution in [3.8, 4) is 0 Å². The summed E-state index contributed by atoms with van der Waals surface area (Å²) in [7, 11) is 0. The number of hydrogen-bond donors (Lipinski definition) is 3. The molecule has 5 rings (SSSR count). The second-order valence-corrected chi connectivity index (χ2v) is 8.13. The summed E-state index contributed by atoms with van der Waals surface area (Å²) in [6.45, 7) is 4.31. The minimum absolute atomic E-state index is 0.261. The Morgan fingerprint density at radius 2 is 1.67 bits per heavy atom. The molecule has 0 aliphatic carbocycles. The fourth-order valence-corrected chi connectivity index (χ4v) is 4.10. The van der Waals surface area contributed by atoms with Gasteiger partial charge in [-0.3, -0.25) is 4.79 Å². The largest absolute Gasteiger partial charge is 0.379 e. The number of para-hydroxylation sites is 2. The average Bonchev–Trinajstić information content (AvgIpc) is 3.20. The number of halogens is 1. The molecule has 3 aromatic carbocycles. The Bertz CT molecular complexity index is 1470. The molecule has 3 N–H and O–H groups in total. The molecule has 33 heavy (non-hydrogen) atoms. The Balaban J connectivity index is 1.56. The molecular weight excluding hydrogens is 415 g/mol. The van der Waals surface area contributed by atoms with Gasteiger partial charge in [-0.1, -0.05) is 36.4 Å².